The van der Waals surface area contributed by atoms with Gasteiger partial charge in [-0.15, -0.1) is 0 Å². The molecule has 2 heterocycles. The third-order valence-electron chi connectivity index (χ3n) is 4.31. The van der Waals surface area contributed by atoms with Crippen LogP contribution in [0.4, 0.5) is 10.5 Å². The van der Waals surface area contributed by atoms with Crippen molar-refractivity contribution in [2.75, 3.05) is 31.1 Å². The summed E-state index contributed by atoms with van der Waals surface area (Å²) in [6.45, 7) is 7.62. The number of hydrogen-bond acceptors (Lipinski definition) is 4. The van der Waals surface area contributed by atoms with Crippen LogP contribution in [0.1, 0.15) is 19.4 Å². The van der Waals surface area contributed by atoms with Crippen LogP contribution in [0.5, 0.6) is 5.75 Å². The van der Waals surface area contributed by atoms with Crippen LogP contribution >= 0.6 is 0 Å². The molecular weight excluding hydrogens is 328 g/mol. The third-order valence-corrected chi connectivity index (χ3v) is 4.31. The van der Waals surface area contributed by atoms with Crippen molar-refractivity contribution in [2.24, 2.45) is 0 Å². The Kier molecular flexibility index (Phi) is 5.94. The van der Waals surface area contributed by atoms with Crippen LogP contribution in [0.15, 0.2) is 48.8 Å². The number of anilines is 1. The number of piperazine rings is 1. The topological polar surface area (TPSA) is 57.7 Å². The van der Waals surface area contributed by atoms with Gasteiger partial charge in [-0.05, 0) is 49.7 Å². The SMILES string of the molecule is CC(C)Oc1ccc(N2CCN(C(=O)NCc3cccnc3)CC2)cc1. The van der Waals surface area contributed by atoms with Crippen molar-refractivity contribution in [3.05, 3.63) is 54.4 Å². The maximum Gasteiger partial charge on any atom is 0.317 e. The van der Waals surface area contributed by atoms with Crippen molar-refractivity contribution < 1.29 is 9.53 Å². The highest BCUT2D eigenvalue weighted by Gasteiger charge is 2.21. The van der Waals surface area contributed by atoms with Crippen molar-refractivity contribution in [1.82, 2.24) is 15.2 Å². The Hall–Kier alpha value is -2.76. The van der Waals surface area contributed by atoms with Gasteiger partial charge in [-0.1, -0.05) is 6.07 Å². The minimum absolute atomic E-state index is 0.0193. The minimum atomic E-state index is -0.0193. The van der Waals surface area contributed by atoms with Gasteiger partial charge in [0, 0.05) is 50.8 Å². The Labute approximate surface area is 154 Å². The van der Waals surface area contributed by atoms with E-state index in [1.54, 1.807) is 12.4 Å². The summed E-state index contributed by atoms with van der Waals surface area (Å²) in [5.41, 5.74) is 2.17. The van der Waals surface area contributed by atoms with Crippen molar-refractivity contribution in [3.63, 3.8) is 0 Å². The molecule has 6 heteroatoms. The zero-order valence-electron chi connectivity index (χ0n) is 15.4. The molecule has 2 amide bonds. The molecule has 0 unspecified atom stereocenters. The van der Waals surface area contributed by atoms with E-state index in [-0.39, 0.29) is 12.1 Å². The van der Waals surface area contributed by atoms with E-state index in [0.717, 1.165) is 30.1 Å². The lowest BCUT2D eigenvalue weighted by atomic mass is 10.2. The molecular formula is C20H26N4O2. The number of amides is 2. The molecule has 0 saturated carbocycles. The highest BCUT2D eigenvalue weighted by molar-refractivity contribution is 5.74. The van der Waals surface area contributed by atoms with E-state index < -0.39 is 0 Å². The molecule has 1 aliphatic rings. The molecule has 138 valence electrons. The summed E-state index contributed by atoms with van der Waals surface area (Å²) in [7, 11) is 0. The number of carbonyl (C=O) groups is 1. The predicted octanol–water partition coefficient (Wildman–Crippen LogP) is 2.90. The fraction of sp³-hybridized carbons (Fsp3) is 0.400. The first-order valence-electron chi connectivity index (χ1n) is 9.05. The molecule has 2 aromatic rings. The number of benzene rings is 1. The van der Waals surface area contributed by atoms with E-state index in [9.17, 15) is 4.79 Å². The highest BCUT2D eigenvalue weighted by atomic mass is 16.5. The first-order chi connectivity index (χ1) is 12.6. The van der Waals surface area contributed by atoms with Gasteiger partial charge in [0.15, 0.2) is 0 Å². The fourth-order valence-corrected chi connectivity index (χ4v) is 2.97. The van der Waals surface area contributed by atoms with Crippen molar-refractivity contribution in [3.8, 4) is 5.75 Å². The average molecular weight is 354 g/mol. The van der Waals surface area contributed by atoms with E-state index in [4.69, 9.17) is 4.74 Å². The predicted molar refractivity (Wildman–Crippen MR) is 102 cm³/mol. The van der Waals surface area contributed by atoms with Gasteiger partial charge in [0.2, 0.25) is 0 Å². The summed E-state index contributed by atoms with van der Waals surface area (Å²) < 4.78 is 5.68. The second-order valence-electron chi connectivity index (χ2n) is 6.65. The Morgan fingerprint density at radius 3 is 2.50 bits per heavy atom. The number of hydrogen-bond donors (Lipinski definition) is 1. The molecule has 3 rings (SSSR count). The van der Waals surface area contributed by atoms with E-state index in [1.165, 1.54) is 0 Å². The Morgan fingerprint density at radius 2 is 1.88 bits per heavy atom. The Balaban J connectivity index is 1.47. The maximum absolute atomic E-state index is 12.3. The molecule has 6 nitrogen and oxygen atoms in total. The van der Waals surface area contributed by atoms with Gasteiger partial charge in [-0.25, -0.2) is 4.79 Å². The highest BCUT2D eigenvalue weighted by Crippen LogP contribution is 2.21. The molecule has 1 saturated heterocycles. The van der Waals surface area contributed by atoms with E-state index in [2.05, 4.69) is 27.3 Å². The number of nitrogens with one attached hydrogen (secondary N) is 1. The molecule has 0 bridgehead atoms. The van der Waals surface area contributed by atoms with E-state index in [0.29, 0.717) is 19.6 Å². The lowest BCUT2D eigenvalue weighted by Gasteiger charge is -2.36. The van der Waals surface area contributed by atoms with Gasteiger partial charge < -0.3 is 19.9 Å². The quantitative estimate of drug-likeness (QED) is 0.897. The van der Waals surface area contributed by atoms with Crippen LogP contribution in [0.2, 0.25) is 0 Å². The molecule has 1 aliphatic heterocycles. The minimum Gasteiger partial charge on any atom is -0.491 e. The van der Waals surface area contributed by atoms with Crippen LogP contribution < -0.4 is 15.0 Å². The zero-order valence-corrected chi connectivity index (χ0v) is 15.4. The zero-order chi connectivity index (χ0) is 18.4. The number of aromatic nitrogens is 1. The van der Waals surface area contributed by atoms with Crippen LogP contribution in [0.3, 0.4) is 0 Å². The first kappa shape index (κ1) is 18.0. The summed E-state index contributed by atoms with van der Waals surface area (Å²) in [5.74, 6) is 0.886. The third kappa shape index (κ3) is 4.88. The normalized spacial score (nSPS) is 14.4. The molecule has 0 aliphatic carbocycles. The average Bonchev–Trinajstić information content (AvgIpc) is 2.67. The van der Waals surface area contributed by atoms with Crippen molar-refractivity contribution in [2.45, 2.75) is 26.5 Å². The van der Waals surface area contributed by atoms with E-state index in [1.807, 2.05) is 43.0 Å². The summed E-state index contributed by atoms with van der Waals surface area (Å²) >= 11 is 0. The lowest BCUT2D eigenvalue weighted by molar-refractivity contribution is 0.194. The standard InChI is InChI=1S/C20H26N4O2/c1-16(2)26-19-7-5-18(6-8-19)23-10-12-24(13-11-23)20(25)22-15-17-4-3-9-21-14-17/h3-9,14,16H,10-13,15H2,1-2H3,(H,22,25). The van der Waals surface area contributed by atoms with Gasteiger partial charge in [-0.2, -0.15) is 0 Å². The second-order valence-corrected chi connectivity index (χ2v) is 6.65. The van der Waals surface area contributed by atoms with Gasteiger partial charge in [0.25, 0.3) is 0 Å². The molecule has 0 spiro atoms. The number of urea groups is 1. The number of nitrogens with zero attached hydrogens (tertiary/aromatic N) is 3. The van der Waals surface area contributed by atoms with Crippen molar-refractivity contribution >= 4 is 11.7 Å². The van der Waals surface area contributed by atoms with Gasteiger partial charge in [-0.3, -0.25) is 4.98 Å². The van der Waals surface area contributed by atoms with Crippen LogP contribution in [0, 0.1) is 0 Å². The molecule has 1 fully saturated rings. The molecule has 0 radical (unpaired) electrons. The van der Waals surface area contributed by atoms with Crippen LogP contribution in [0.25, 0.3) is 0 Å². The largest absolute Gasteiger partial charge is 0.491 e. The number of carbonyl (C=O) groups excluding carboxylic acids is 1. The first-order valence-corrected chi connectivity index (χ1v) is 9.05. The number of ether oxygens (including phenoxy) is 1. The monoisotopic (exact) mass is 354 g/mol. The van der Waals surface area contributed by atoms with Gasteiger partial charge >= 0.3 is 6.03 Å². The molecule has 1 N–H and O–H groups in total. The van der Waals surface area contributed by atoms with E-state index >= 15 is 0 Å². The number of rotatable bonds is 5. The van der Waals surface area contributed by atoms with Crippen LogP contribution in [-0.4, -0.2) is 48.2 Å². The Bertz CT molecular complexity index is 696. The van der Waals surface area contributed by atoms with Crippen molar-refractivity contribution in [1.29, 1.82) is 0 Å². The Morgan fingerprint density at radius 1 is 1.15 bits per heavy atom. The van der Waals surface area contributed by atoms with Crippen LogP contribution in [-0.2, 0) is 6.54 Å². The summed E-state index contributed by atoms with van der Waals surface area (Å²) in [6.07, 6.45) is 3.67. The fourth-order valence-electron chi connectivity index (χ4n) is 2.97. The van der Waals surface area contributed by atoms with Gasteiger partial charge in [0.05, 0.1) is 6.10 Å². The summed E-state index contributed by atoms with van der Waals surface area (Å²) in [4.78, 5) is 20.5. The summed E-state index contributed by atoms with van der Waals surface area (Å²) in [5, 5.41) is 2.96. The number of pyridine rings is 1. The molecule has 1 aromatic heterocycles. The molecule has 26 heavy (non-hydrogen) atoms. The molecule has 1 aromatic carbocycles. The van der Waals surface area contributed by atoms with Gasteiger partial charge in [0.1, 0.15) is 5.75 Å². The molecule has 0 atom stereocenters. The second kappa shape index (κ2) is 8.56. The maximum atomic E-state index is 12.3. The lowest BCUT2D eigenvalue weighted by Crippen LogP contribution is -2.51. The smallest absolute Gasteiger partial charge is 0.317 e. The summed E-state index contributed by atoms with van der Waals surface area (Å²) in [6, 6.07) is 12.0.